The Morgan fingerprint density at radius 1 is 0.556 bits per heavy atom. The Morgan fingerprint density at radius 3 is 1.78 bits per heavy atom. The summed E-state index contributed by atoms with van der Waals surface area (Å²) in [7, 11) is 0. The number of hydrogen-bond donors (Lipinski definition) is 1. The van der Waals surface area contributed by atoms with Gasteiger partial charge in [0.05, 0.1) is 16.7 Å². The molecule has 0 bridgehead atoms. The second kappa shape index (κ2) is 6.22. The number of para-hydroxylation sites is 1. The number of nitrogens with zero attached hydrogens (tertiary/aromatic N) is 2. The zero-order valence-corrected chi connectivity index (χ0v) is 14.5. The van der Waals surface area contributed by atoms with Crippen molar-refractivity contribution >= 4 is 21.8 Å². The summed E-state index contributed by atoms with van der Waals surface area (Å²) in [5, 5.41) is 12.7. The fourth-order valence-corrected chi connectivity index (χ4v) is 3.40. The average molecular weight is 348 g/mol. The van der Waals surface area contributed by atoms with Crippen molar-refractivity contribution in [3.8, 4) is 28.3 Å². The van der Waals surface area contributed by atoms with Crippen LogP contribution in [0, 0.1) is 0 Å². The molecule has 5 rings (SSSR count). The molecule has 1 N–H and O–H groups in total. The molecule has 0 aliphatic carbocycles. The van der Waals surface area contributed by atoms with Gasteiger partial charge in [-0.1, -0.05) is 66.7 Å². The fraction of sp³-hybridized carbons (Fsp3) is 0. The smallest absolute Gasteiger partial charge is 0.125 e. The van der Waals surface area contributed by atoms with Crippen molar-refractivity contribution in [2.24, 2.45) is 0 Å². The molecule has 0 aliphatic rings. The minimum absolute atomic E-state index is 0.198. The molecule has 5 aromatic rings. The number of benzene rings is 4. The Bertz CT molecular complexity index is 1280. The van der Waals surface area contributed by atoms with E-state index in [1.54, 1.807) is 6.07 Å². The van der Waals surface area contributed by atoms with E-state index in [1.165, 1.54) is 0 Å². The first-order valence-electron chi connectivity index (χ1n) is 8.84. The van der Waals surface area contributed by atoms with E-state index >= 15 is 0 Å². The number of phenolic OH excluding ortho intramolecular Hbond substituents is 1. The molecule has 0 radical (unpaired) electrons. The molecule has 0 saturated heterocycles. The second-order valence-corrected chi connectivity index (χ2v) is 6.49. The van der Waals surface area contributed by atoms with Crippen LogP contribution in [0.5, 0.6) is 5.75 Å². The van der Waals surface area contributed by atoms with Crippen LogP contribution in [0.3, 0.4) is 0 Å². The normalized spacial score (nSPS) is 11.1. The molecule has 1 heterocycles. The van der Waals surface area contributed by atoms with Crippen LogP contribution in [-0.4, -0.2) is 15.1 Å². The number of aromatic nitrogens is 2. The van der Waals surface area contributed by atoms with Crippen molar-refractivity contribution in [2.45, 2.75) is 0 Å². The molecule has 3 heteroatoms. The van der Waals surface area contributed by atoms with Gasteiger partial charge in [-0.05, 0) is 35.0 Å². The van der Waals surface area contributed by atoms with Crippen molar-refractivity contribution in [2.75, 3.05) is 0 Å². The molecule has 0 atom stereocenters. The molecule has 0 unspecified atom stereocenters. The van der Waals surface area contributed by atoms with Crippen molar-refractivity contribution in [1.29, 1.82) is 0 Å². The molecule has 3 nitrogen and oxygen atoms in total. The van der Waals surface area contributed by atoms with Crippen molar-refractivity contribution in [3.05, 3.63) is 91.0 Å². The Morgan fingerprint density at radius 2 is 1.11 bits per heavy atom. The zero-order chi connectivity index (χ0) is 18.2. The van der Waals surface area contributed by atoms with Gasteiger partial charge in [0.15, 0.2) is 0 Å². The van der Waals surface area contributed by atoms with Crippen LogP contribution in [0.15, 0.2) is 91.0 Å². The highest BCUT2D eigenvalue weighted by Crippen LogP contribution is 2.36. The van der Waals surface area contributed by atoms with E-state index in [1.807, 2.05) is 60.7 Å². The lowest BCUT2D eigenvalue weighted by molar-refractivity contribution is 0.477. The molecule has 0 fully saturated rings. The number of aromatic hydroxyl groups is 1. The van der Waals surface area contributed by atoms with E-state index in [2.05, 4.69) is 24.3 Å². The van der Waals surface area contributed by atoms with Crippen LogP contribution in [0.2, 0.25) is 0 Å². The van der Waals surface area contributed by atoms with Crippen LogP contribution in [0.4, 0.5) is 0 Å². The SMILES string of the molecule is Oc1ccccc1-c1nc2cc3ccccc3cc2nc1-c1ccccc1. The quantitative estimate of drug-likeness (QED) is 0.409. The van der Waals surface area contributed by atoms with E-state index in [9.17, 15) is 5.11 Å². The molecular weight excluding hydrogens is 332 g/mol. The highest BCUT2D eigenvalue weighted by molar-refractivity contribution is 5.97. The van der Waals surface area contributed by atoms with Crippen molar-refractivity contribution < 1.29 is 5.11 Å². The predicted octanol–water partition coefficient (Wildman–Crippen LogP) is 5.82. The summed E-state index contributed by atoms with van der Waals surface area (Å²) in [5.41, 5.74) is 4.75. The van der Waals surface area contributed by atoms with Gasteiger partial charge in [0.25, 0.3) is 0 Å². The van der Waals surface area contributed by atoms with Crippen molar-refractivity contribution in [3.63, 3.8) is 0 Å². The average Bonchev–Trinajstić information content (AvgIpc) is 2.72. The minimum atomic E-state index is 0.198. The van der Waals surface area contributed by atoms with E-state index in [-0.39, 0.29) is 5.75 Å². The predicted molar refractivity (Wildman–Crippen MR) is 110 cm³/mol. The maximum absolute atomic E-state index is 10.4. The van der Waals surface area contributed by atoms with Crippen LogP contribution in [0.1, 0.15) is 0 Å². The Balaban J connectivity index is 1.87. The van der Waals surface area contributed by atoms with Gasteiger partial charge in [-0.3, -0.25) is 0 Å². The summed E-state index contributed by atoms with van der Waals surface area (Å²) >= 11 is 0. The second-order valence-electron chi connectivity index (χ2n) is 6.49. The Kier molecular flexibility index (Phi) is 3.58. The van der Waals surface area contributed by atoms with Gasteiger partial charge in [0.1, 0.15) is 11.4 Å². The fourth-order valence-electron chi connectivity index (χ4n) is 3.40. The summed E-state index contributed by atoms with van der Waals surface area (Å²) in [4.78, 5) is 9.85. The lowest BCUT2D eigenvalue weighted by Gasteiger charge is -2.12. The lowest BCUT2D eigenvalue weighted by atomic mass is 10.0. The van der Waals surface area contributed by atoms with Crippen LogP contribution >= 0.6 is 0 Å². The summed E-state index contributed by atoms with van der Waals surface area (Å²) in [6.07, 6.45) is 0. The van der Waals surface area contributed by atoms with E-state index in [0.29, 0.717) is 11.3 Å². The minimum Gasteiger partial charge on any atom is -0.507 e. The lowest BCUT2D eigenvalue weighted by Crippen LogP contribution is -1.96. The van der Waals surface area contributed by atoms with E-state index < -0.39 is 0 Å². The summed E-state index contributed by atoms with van der Waals surface area (Å²) in [6, 6.07) is 29.5. The largest absolute Gasteiger partial charge is 0.507 e. The maximum atomic E-state index is 10.4. The van der Waals surface area contributed by atoms with Gasteiger partial charge < -0.3 is 5.11 Å². The first-order valence-corrected chi connectivity index (χ1v) is 8.84. The molecule has 0 saturated carbocycles. The van der Waals surface area contributed by atoms with Gasteiger partial charge in [-0.2, -0.15) is 0 Å². The molecule has 4 aromatic carbocycles. The van der Waals surface area contributed by atoms with Crippen LogP contribution < -0.4 is 0 Å². The number of phenols is 1. The first kappa shape index (κ1) is 15.5. The highest BCUT2D eigenvalue weighted by Gasteiger charge is 2.16. The summed E-state index contributed by atoms with van der Waals surface area (Å²) in [5.74, 6) is 0.198. The van der Waals surface area contributed by atoms with Crippen LogP contribution in [0.25, 0.3) is 44.3 Å². The van der Waals surface area contributed by atoms with Crippen LogP contribution in [-0.2, 0) is 0 Å². The highest BCUT2D eigenvalue weighted by atomic mass is 16.3. The summed E-state index contributed by atoms with van der Waals surface area (Å²) in [6.45, 7) is 0. The molecular formula is C24H16N2O. The van der Waals surface area contributed by atoms with Gasteiger partial charge in [-0.15, -0.1) is 0 Å². The van der Waals surface area contributed by atoms with Gasteiger partial charge >= 0.3 is 0 Å². The third-order valence-corrected chi connectivity index (χ3v) is 4.74. The zero-order valence-electron chi connectivity index (χ0n) is 14.5. The number of hydrogen-bond acceptors (Lipinski definition) is 3. The Labute approximate surface area is 156 Å². The third kappa shape index (κ3) is 2.70. The Hall–Kier alpha value is -3.72. The van der Waals surface area contributed by atoms with Gasteiger partial charge in [-0.25, -0.2) is 9.97 Å². The van der Waals surface area contributed by atoms with Gasteiger partial charge in [0, 0.05) is 11.1 Å². The number of fused-ring (bicyclic) bond motifs is 2. The number of rotatable bonds is 2. The van der Waals surface area contributed by atoms with E-state index in [4.69, 9.17) is 9.97 Å². The molecule has 128 valence electrons. The van der Waals surface area contributed by atoms with Gasteiger partial charge in [0.2, 0.25) is 0 Å². The monoisotopic (exact) mass is 348 g/mol. The van der Waals surface area contributed by atoms with E-state index in [0.717, 1.165) is 33.1 Å². The summed E-state index contributed by atoms with van der Waals surface area (Å²) < 4.78 is 0. The standard InChI is InChI=1S/C24H16N2O/c27-22-13-7-6-12-19(22)24-23(16-8-2-1-3-9-16)25-20-14-17-10-4-5-11-18(17)15-21(20)26-24/h1-15,27H. The third-order valence-electron chi connectivity index (χ3n) is 4.74. The maximum Gasteiger partial charge on any atom is 0.125 e. The van der Waals surface area contributed by atoms with Crippen molar-refractivity contribution in [1.82, 2.24) is 9.97 Å². The first-order chi connectivity index (χ1) is 13.3. The molecule has 27 heavy (non-hydrogen) atoms. The molecule has 0 amide bonds. The topological polar surface area (TPSA) is 46.0 Å². The molecule has 0 spiro atoms. The molecule has 1 aromatic heterocycles. The molecule has 0 aliphatic heterocycles.